The largest absolute Gasteiger partial charge is 0.465 e. The van der Waals surface area contributed by atoms with Gasteiger partial charge in [0.15, 0.2) is 11.5 Å². The van der Waals surface area contributed by atoms with Gasteiger partial charge in [-0.05, 0) is 32.4 Å². The van der Waals surface area contributed by atoms with E-state index >= 15 is 0 Å². The molecular formula is C14H19O5P. The monoisotopic (exact) mass is 298 g/mol. The molecule has 0 saturated carbocycles. The zero-order chi connectivity index (χ0) is 14.8. The summed E-state index contributed by atoms with van der Waals surface area (Å²) < 4.78 is 28.1. The number of esters is 1. The molecule has 0 amide bonds. The Morgan fingerprint density at radius 3 is 2.30 bits per heavy atom. The number of hydrogen-bond donors (Lipinski definition) is 0. The van der Waals surface area contributed by atoms with Crippen molar-refractivity contribution in [2.75, 3.05) is 12.8 Å². The summed E-state index contributed by atoms with van der Waals surface area (Å²) >= 11 is 0. The van der Waals surface area contributed by atoms with E-state index in [1.54, 1.807) is 24.3 Å². The Morgan fingerprint density at radius 2 is 1.80 bits per heavy atom. The second kappa shape index (κ2) is 5.49. The fourth-order valence-corrected chi connectivity index (χ4v) is 3.04. The third-order valence-electron chi connectivity index (χ3n) is 3.36. The van der Waals surface area contributed by atoms with Crippen LogP contribution in [0.4, 0.5) is 0 Å². The lowest BCUT2D eigenvalue weighted by molar-refractivity contribution is -0.153. The molecule has 0 aromatic heterocycles. The van der Waals surface area contributed by atoms with Gasteiger partial charge in [-0.1, -0.05) is 19.1 Å². The van der Waals surface area contributed by atoms with Crippen molar-refractivity contribution in [1.29, 1.82) is 0 Å². The summed E-state index contributed by atoms with van der Waals surface area (Å²) in [6.45, 7) is 5.57. The average Bonchev–Trinajstić information content (AvgIpc) is 2.74. The first kappa shape index (κ1) is 14.9. The molecule has 0 atom stereocenters. The lowest BCUT2D eigenvalue weighted by Gasteiger charge is -2.20. The van der Waals surface area contributed by atoms with Crippen molar-refractivity contribution in [2.45, 2.75) is 27.2 Å². The van der Waals surface area contributed by atoms with Crippen LogP contribution in [0.2, 0.25) is 0 Å². The number of ether oxygens (including phenoxy) is 1. The van der Waals surface area contributed by atoms with Crippen LogP contribution in [0.5, 0.6) is 11.5 Å². The average molecular weight is 298 g/mol. The molecule has 5 nitrogen and oxygen atoms in total. The predicted octanol–water partition coefficient (Wildman–Crippen LogP) is 3.63. The molecule has 1 aliphatic heterocycles. The smallest absolute Gasteiger partial charge is 0.434 e. The van der Waals surface area contributed by atoms with Crippen LogP contribution in [0.15, 0.2) is 24.3 Å². The maximum absolute atomic E-state index is 12.3. The molecule has 6 heteroatoms. The molecule has 0 radical (unpaired) electrons. The van der Waals surface area contributed by atoms with Crippen LogP contribution >= 0.6 is 7.60 Å². The van der Waals surface area contributed by atoms with E-state index in [1.165, 1.54) is 0 Å². The van der Waals surface area contributed by atoms with Gasteiger partial charge in [0, 0.05) is 0 Å². The van der Waals surface area contributed by atoms with E-state index in [2.05, 4.69) is 0 Å². The number of rotatable bonds is 5. The van der Waals surface area contributed by atoms with Crippen LogP contribution < -0.4 is 9.05 Å². The molecular weight excluding hydrogens is 279 g/mol. The zero-order valence-corrected chi connectivity index (χ0v) is 12.8. The van der Waals surface area contributed by atoms with Crippen molar-refractivity contribution in [3.05, 3.63) is 24.3 Å². The Morgan fingerprint density at radius 1 is 1.25 bits per heavy atom. The van der Waals surface area contributed by atoms with Crippen LogP contribution in [0.25, 0.3) is 0 Å². The quantitative estimate of drug-likeness (QED) is 0.613. The van der Waals surface area contributed by atoms with Crippen molar-refractivity contribution in [3.63, 3.8) is 0 Å². The first-order valence-corrected chi connectivity index (χ1v) is 8.34. The van der Waals surface area contributed by atoms with Gasteiger partial charge < -0.3 is 13.8 Å². The molecule has 0 fully saturated rings. The Balaban J connectivity index is 1.88. The van der Waals surface area contributed by atoms with Crippen molar-refractivity contribution >= 4 is 13.6 Å². The number of hydrogen-bond acceptors (Lipinski definition) is 5. The lowest BCUT2D eigenvalue weighted by Crippen LogP contribution is -2.26. The SMILES string of the molecule is CCC(C)(C)C(=O)OCCP1(=O)Oc2ccccc2O1. The molecule has 20 heavy (non-hydrogen) atoms. The fourth-order valence-electron chi connectivity index (χ4n) is 1.60. The molecule has 0 spiro atoms. The second-order valence-electron chi connectivity index (χ2n) is 5.34. The molecule has 0 aliphatic carbocycles. The summed E-state index contributed by atoms with van der Waals surface area (Å²) in [5.41, 5.74) is -0.533. The third-order valence-corrected chi connectivity index (χ3v) is 5.04. The van der Waals surface area contributed by atoms with E-state index in [1.807, 2.05) is 20.8 Å². The van der Waals surface area contributed by atoms with Crippen molar-refractivity contribution in [3.8, 4) is 11.5 Å². The lowest BCUT2D eigenvalue weighted by atomic mass is 9.91. The van der Waals surface area contributed by atoms with Crippen LogP contribution in [-0.2, 0) is 14.1 Å². The van der Waals surface area contributed by atoms with Crippen LogP contribution in [0.1, 0.15) is 27.2 Å². The molecule has 0 bridgehead atoms. The van der Waals surface area contributed by atoms with Gasteiger partial charge in [0.25, 0.3) is 0 Å². The first-order chi connectivity index (χ1) is 9.36. The minimum absolute atomic E-state index is 0.0214. The van der Waals surface area contributed by atoms with Gasteiger partial charge in [-0.2, -0.15) is 0 Å². The predicted molar refractivity (Wildman–Crippen MR) is 75.2 cm³/mol. The highest BCUT2D eigenvalue weighted by atomic mass is 31.2. The number of carbonyl (C=O) groups excluding carboxylic acids is 1. The van der Waals surface area contributed by atoms with E-state index in [-0.39, 0.29) is 18.7 Å². The molecule has 110 valence electrons. The highest BCUT2D eigenvalue weighted by molar-refractivity contribution is 7.55. The van der Waals surface area contributed by atoms with E-state index < -0.39 is 13.0 Å². The molecule has 0 unspecified atom stereocenters. The minimum Gasteiger partial charge on any atom is -0.465 e. The van der Waals surface area contributed by atoms with Gasteiger partial charge in [0.1, 0.15) is 12.8 Å². The van der Waals surface area contributed by atoms with Crippen molar-refractivity contribution in [2.24, 2.45) is 5.41 Å². The number of carbonyl (C=O) groups is 1. The van der Waals surface area contributed by atoms with Crippen LogP contribution in [0, 0.1) is 5.41 Å². The molecule has 0 saturated heterocycles. The summed E-state index contributed by atoms with van der Waals surface area (Å²) in [4.78, 5) is 11.8. The maximum atomic E-state index is 12.3. The van der Waals surface area contributed by atoms with Gasteiger partial charge in [-0.3, -0.25) is 4.79 Å². The topological polar surface area (TPSA) is 61.8 Å². The normalized spacial score (nSPS) is 15.9. The van der Waals surface area contributed by atoms with E-state index in [0.29, 0.717) is 17.9 Å². The van der Waals surface area contributed by atoms with Gasteiger partial charge in [0.05, 0.1) is 5.41 Å². The molecule has 1 aromatic carbocycles. The summed E-state index contributed by atoms with van der Waals surface area (Å²) in [6, 6.07) is 6.95. The molecule has 1 heterocycles. The molecule has 1 aliphatic rings. The van der Waals surface area contributed by atoms with E-state index in [4.69, 9.17) is 13.8 Å². The summed E-state index contributed by atoms with van der Waals surface area (Å²) in [5, 5.41) is 0. The maximum Gasteiger partial charge on any atom is 0.434 e. The Kier molecular flexibility index (Phi) is 4.09. The summed E-state index contributed by atoms with van der Waals surface area (Å²) in [5.74, 6) is 0.635. The Hall–Kier alpha value is -1.48. The highest BCUT2D eigenvalue weighted by Crippen LogP contribution is 2.57. The number of fused-ring (bicyclic) bond motifs is 1. The van der Waals surface area contributed by atoms with Crippen molar-refractivity contribution < 1.29 is 23.1 Å². The number of para-hydroxylation sites is 2. The van der Waals surface area contributed by atoms with Gasteiger partial charge >= 0.3 is 13.6 Å². The zero-order valence-electron chi connectivity index (χ0n) is 11.9. The van der Waals surface area contributed by atoms with Crippen LogP contribution in [-0.4, -0.2) is 18.7 Å². The first-order valence-electron chi connectivity index (χ1n) is 6.61. The highest BCUT2D eigenvalue weighted by Gasteiger charge is 2.37. The molecule has 0 N–H and O–H groups in total. The molecule has 2 rings (SSSR count). The Labute approximate surface area is 118 Å². The standard InChI is InChI=1S/C14H19O5P/c1-4-14(2,3)13(15)17-9-10-20(16)18-11-7-5-6-8-12(11)19-20/h5-8H,4,9-10H2,1-3H3. The van der Waals surface area contributed by atoms with Crippen molar-refractivity contribution in [1.82, 2.24) is 0 Å². The van der Waals surface area contributed by atoms with E-state index in [0.717, 1.165) is 0 Å². The van der Waals surface area contributed by atoms with Gasteiger partial charge in [-0.25, -0.2) is 4.57 Å². The minimum atomic E-state index is -3.25. The second-order valence-corrected chi connectivity index (χ2v) is 7.37. The molecule has 1 aromatic rings. The fraction of sp³-hybridized carbons (Fsp3) is 0.500. The van der Waals surface area contributed by atoms with E-state index in [9.17, 15) is 9.36 Å². The third kappa shape index (κ3) is 3.15. The summed E-state index contributed by atoms with van der Waals surface area (Å²) in [7, 11) is -3.25. The van der Waals surface area contributed by atoms with Gasteiger partial charge in [0.2, 0.25) is 0 Å². The summed E-state index contributed by atoms with van der Waals surface area (Å²) in [6.07, 6.45) is 0.731. The van der Waals surface area contributed by atoms with Gasteiger partial charge in [-0.15, -0.1) is 0 Å². The number of benzene rings is 1. The Bertz CT molecular complexity index is 523. The van der Waals surface area contributed by atoms with Crippen LogP contribution in [0.3, 0.4) is 0 Å².